The van der Waals surface area contributed by atoms with Crippen molar-refractivity contribution in [2.75, 3.05) is 31.1 Å². The highest BCUT2D eigenvalue weighted by molar-refractivity contribution is 6.01. The molecule has 1 aliphatic carbocycles. The molecule has 234 valence electrons. The van der Waals surface area contributed by atoms with Crippen LogP contribution < -0.4 is 15.0 Å². The number of hydrogen-bond donors (Lipinski definition) is 2. The molecule has 0 radical (unpaired) electrons. The van der Waals surface area contributed by atoms with Gasteiger partial charge < -0.3 is 20.1 Å². The predicted octanol–water partition coefficient (Wildman–Crippen LogP) is 5.67. The number of phenols is 1. The summed E-state index contributed by atoms with van der Waals surface area (Å²) >= 11 is 0. The van der Waals surface area contributed by atoms with E-state index in [2.05, 4.69) is 20.1 Å². The van der Waals surface area contributed by atoms with Crippen LogP contribution in [0, 0.1) is 18.7 Å². The van der Waals surface area contributed by atoms with Crippen LogP contribution in [-0.4, -0.2) is 81.0 Å². The standard InChI is InChI=1S/C35H38F2N6O2/c1-19-4-2-5-20-10-25(44)11-26(29(19)20)31-30(37)32-27(14-38-31)33(42-16-23-8-9-24(17-42)39-23)41-34(40-32)45-18-35-12-21-6-3-7-28(21)43(35)15-22(36)13-35/h2,4-5,10-11,14,21-24,28,39,44H,3,6-9,12-13,15-18H2,1H3/t21-,22+,23?,24?,28-,35-/m1/s1. The molecule has 1 saturated carbocycles. The van der Waals surface area contributed by atoms with E-state index in [0.717, 1.165) is 55.1 Å². The van der Waals surface area contributed by atoms with Crippen LogP contribution in [-0.2, 0) is 0 Å². The van der Waals surface area contributed by atoms with E-state index in [0.29, 0.717) is 53.8 Å². The largest absolute Gasteiger partial charge is 0.508 e. The number of anilines is 1. The van der Waals surface area contributed by atoms with E-state index in [4.69, 9.17) is 14.7 Å². The van der Waals surface area contributed by atoms with Gasteiger partial charge in [0.15, 0.2) is 5.82 Å². The first-order chi connectivity index (χ1) is 21.8. The van der Waals surface area contributed by atoms with Gasteiger partial charge in [-0.25, -0.2) is 8.78 Å². The van der Waals surface area contributed by atoms with Gasteiger partial charge in [0.2, 0.25) is 0 Å². The zero-order chi connectivity index (χ0) is 30.4. The molecule has 2 unspecified atom stereocenters. The van der Waals surface area contributed by atoms with Crippen molar-refractivity contribution in [2.45, 2.75) is 81.7 Å². The Balaban J connectivity index is 1.15. The molecule has 2 aromatic carbocycles. The first-order valence-corrected chi connectivity index (χ1v) is 16.5. The van der Waals surface area contributed by atoms with E-state index in [1.54, 1.807) is 18.3 Å². The molecule has 5 fully saturated rings. The summed E-state index contributed by atoms with van der Waals surface area (Å²) < 4.78 is 38.1. The highest BCUT2D eigenvalue weighted by atomic mass is 19.1. The topological polar surface area (TPSA) is 86.6 Å². The Kier molecular flexibility index (Phi) is 6.26. The third-order valence-corrected chi connectivity index (χ3v) is 11.3. The van der Waals surface area contributed by atoms with E-state index >= 15 is 4.39 Å². The number of benzene rings is 2. The smallest absolute Gasteiger partial charge is 0.319 e. The van der Waals surface area contributed by atoms with Gasteiger partial charge in [0.05, 0.1) is 10.9 Å². The van der Waals surface area contributed by atoms with Gasteiger partial charge in [0.1, 0.15) is 35.6 Å². The predicted molar refractivity (Wildman–Crippen MR) is 169 cm³/mol. The Morgan fingerprint density at radius 1 is 1.07 bits per heavy atom. The van der Waals surface area contributed by atoms with E-state index in [-0.39, 0.29) is 35.1 Å². The summed E-state index contributed by atoms with van der Waals surface area (Å²) in [7, 11) is 0. The third kappa shape index (κ3) is 4.39. The molecule has 45 heavy (non-hydrogen) atoms. The number of aryl methyl sites for hydroxylation is 1. The van der Waals surface area contributed by atoms with Crippen LogP contribution in [0.15, 0.2) is 36.5 Å². The normalized spacial score (nSPS) is 30.8. The van der Waals surface area contributed by atoms with Crippen LogP contribution in [0.3, 0.4) is 0 Å². The first-order valence-electron chi connectivity index (χ1n) is 16.5. The van der Waals surface area contributed by atoms with Gasteiger partial charge in [-0.2, -0.15) is 9.97 Å². The van der Waals surface area contributed by atoms with Crippen molar-refractivity contribution in [1.82, 2.24) is 25.2 Å². The molecule has 0 amide bonds. The van der Waals surface area contributed by atoms with Crippen molar-refractivity contribution in [3.05, 3.63) is 47.9 Å². The van der Waals surface area contributed by atoms with E-state index < -0.39 is 12.0 Å². The number of ether oxygens (including phenoxy) is 1. The molecule has 4 saturated heterocycles. The Hall–Kier alpha value is -3.63. The lowest BCUT2D eigenvalue weighted by atomic mass is 9.89. The summed E-state index contributed by atoms with van der Waals surface area (Å²) in [5.41, 5.74) is 1.36. The van der Waals surface area contributed by atoms with Crippen molar-refractivity contribution in [3.8, 4) is 23.0 Å². The van der Waals surface area contributed by atoms with E-state index in [1.807, 2.05) is 25.1 Å². The second-order valence-corrected chi connectivity index (χ2v) is 14.2. The van der Waals surface area contributed by atoms with Gasteiger partial charge in [-0.1, -0.05) is 24.6 Å². The van der Waals surface area contributed by atoms with Crippen LogP contribution >= 0.6 is 0 Å². The van der Waals surface area contributed by atoms with Crippen LogP contribution in [0.1, 0.15) is 50.5 Å². The number of fused-ring (bicyclic) bond motifs is 7. The van der Waals surface area contributed by atoms with Gasteiger partial charge in [0, 0.05) is 55.9 Å². The SMILES string of the molecule is Cc1cccc2cc(O)cc(-c3ncc4c(N5CC6CCC(C5)N6)nc(OC[C@@]56C[C@H](F)CN5[C@@H]5CCC[C@@H]5C6)nc4c3F)c12. The van der Waals surface area contributed by atoms with Crippen molar-refractivity contribution >= 4 is 27.5 Å². The van der Waals surface area contributed by atoms with Crippen molar-refractivity contribution in [2.24, 2.45) is 5.92 Å². The minimum absolute atomic E-state index is 0.0426. The molecule has 4 aliphatic heterocycles. The number of piperazine rings is 1. The van der Waals surface area contributed by atoms with Gasteiger partial charge in [-0.15, -0.1) is 0 Å². The number of hydrogen-bond acceptors (Lipinski definition) is 8. The summed E-state index contributed by atoms with van der Waals surface area (Å²) in [5.74, 6) is 0.669. The number of nitrogens with zero attached hydrogens (tertiary/aromatic N) is 5. The summed E-state index contributed by atoms with van der Waals surface area (Å²) in [5, 5.41) is 16.4. The molecule has 2 N–H and O–H groups in total. The number of nitrogens with one attached hydrogen (secondary N) is 1. The molecule has 6 heterocycles. The molecular weight excluding hydrogens is 574 g/mol. The van der Waals surface area contributed by atoms with Crippen LogP contribution in [0.4, 0.5) is 14.6 Å². The Morgan fingerprint density at radius 3 is 2.76 bits per heavy atom. The quantitative estimate of drug-likeness (QED) is 0.298. The fraction of sp³-hybridized carbons (Fsp3) is 0.514. The zero-order valence-electron chi connectivity index (χ0n) is 25.5. The number of halogens is 2. The van der Waals surface area contributed by atoms with Crippen LogP contribution in [0.2, 0.25) is 0 Å². The average Bonchev–Trinajstić information content (AvgIpc) is 3.76. The lowest BCUT2D eigenvalue weighted by Crippen LogP contribution is -2.51. The molecule has 6 atom stereocenters. The van der Waals surface area contributed by atoms with Gasteiger partial charge in [0.25, 0.3) is 0 Å². The third-order valence-electron chi connectivity index (χ3n) is 11.3. The fourth-order valence-electron chi connectivity index (χ4n) is 9.51. The highest BCUT2D eigenvalue weighted by Crippen LogP contribution is 2.52. The van der Waals surface area contributed by atoms with Gasteiger partial charge >= 0.3 is 6.01 Å². The number of aromatic nitrogens is 3. The Bertz CT molecular complexity index is 1830. The molecule has 2 bridgehead atoms. The molecule has 8 nitrogen and oxygen atoms in total. The number of pyridine rings is 1. The summed E-state index contributed by atoms with van der Waals surface area (Å²) in [6.07, 6.45) is 7.86. The van der Waals surface area contributed by atoms with Gasteiger partial charge in [-0.3, -0.25) is 9.88 Å². The molecule has 5 aliphatic rings. The Labute approximate surface area is 260 Å². The molecular formula is C35H38F2N6O2. The number of alkyl halides is 1. The lowest BCUT2D eigenvalue weighted by Gasteiger charge is -2.35. The number of aromatic hydroxyl groups is 1. The maximum atomic E-state index is 16.8. The molecule has 2 aromatic heterocycles. The molecule has 10 heteroatoms. The average molecular weight is 613 g/mol. The van der Waals surface area contributed by atoms with Gasteiger partial charge in [-0.05, 0) is 73.4 Å². The molecule has 9 rings (SSSR count). The zero-order valence-corrected chi connectivity index (χ0v) is 25.5. The van der Waals surface area contributed by atoms with Crippen LogP contribution in [0.5, 0.6) is 11.8 Å². The van der Waals surface area contributed by atoms with Crippen molar-refractivity contribution in [3.63, 3.8) is 0 Å². The van der Waals surface area contributed by atoms with E-state index in [1.165, 1.54) is 12.8 Å². The van der Waals surface area contributed by atoms with Crippen molar-refractivity contribution < 1.29 is 18.6 Å². The minimum atomic E-state index is -0.869. The summed E-state index contributed by atoms with van der Waals surface area (Å²) in [6.45, 7) is 4.23. The number of rotatable bonds is 5. The minimum Gasteiger partial charge on any atom is -0.508 e. The molecule has 0 spiro atoms. The fourth-order valence-corrected chi connectivity index (χ4v) is 9.51. The number of phenolic OH excluding ortho intramolecular Hbond substituents is 1. The van der Waals surface area contributed by atoms with E-state index in [9.17, 15) is 9.50 Å². The lowest BCUT2D eigenvalue weighted by molar-refractivity contribution is 0.0832. The molecule has 4 aromatic rings. The first kappa shape index (κ1) is 27.7. The monoisotopic (exact) mass is 612 g/mol. The second-order valence-electron chi connectivity index (χ2n) is 14.2. The maximum Gasteiger partial charge on any atom is 0.319 e. The summed E-state index contributed by atoms with van der Waals surface area (Å²) in [6, 6.07) is 10.3. The van der Waals surface area contributed by atoms with Crippen molar-refractivity contribution in [1.29, 1.82) is 0 Å². The maximum absolute atomic E-state index is 16.8. The second kappa shape index (κ2) is 10.2. The Morgan fingerprint density at radius 2 is 1.91 bits per heavy atom. The highest BCUT2D eigenvalue weighted by Gasteiger charge is 2.58. The summed E-state index contributed by atoms with van der Waals surface area (Å²) in [4.78, 5) is 18.8. The van der Waals surface area contributed by atoms with Crippen LogP contribution in [0.25, 0.3) is 32.9 Å².